The molecule has 72 valence electrons. The second kappa shape index (κ2) is 3.80. The van der Waals surface area contributed by atoms with Gasteiger partial charge in [-0.05, 0) is 19.1 Å². The molecule has 2 aromatic heterocycles. The number of rotatable bonds is 2. The minimum Gasteiger partial charge on any atom is -0.441 e. The molecule has 0 aliphatic rings. The van der Waals surface area contributed by atoms with E-state index in [0.717, 1.165) is 17.0 Å². The molecular formula is C10H9ClN2O. The molecule has 0 aliphatic heterocycles. The van der Waals surface area contributed by atoms with Crippen LogP contribution in [0.25, 0.3) is 11.5 Å². The highest BCUT2D eigenvalue weighted by atomic mass is 35.5. The molecule has 0 aliphatic carbocycles. The van der Waals surface area contributed by atoms with Crippen LogP contribution in [-0.4, -0.2) is 9.97 Å². The summed E-state index contributed by atoms with van der Waals surface area (Å²) in [6.07, 6.45) is 3.41. The van der Waals surface area contributed by atoms with Crippen LogP contribution in [0.1, 0.15) is 11.5 Å². The third kappa shape index (κ3) is 1.63. The molecule has 0 unspecified atom stereocenters. The minimum atomic E-state index is 0.375. The highest BCUT2D eigenvalue weighted by molar-refractivity contribution is 6.16. The van der Waals surface area contributed by atoms with Gasteiger partial charge in [0.15, 0.2) is 0 Å². The molecule has 0 spiro atoms. The number of aromatic nitrogens is 2. The summed E-state index contributed by atoms with van der Waals surface area (Å²) in [6.45, 7) is 1.86. The van der Waals surface area contributed by atoms with Gasteiger partial charge < -0.3 is 4.42 Å². The number of hydrogen-bond donors (Lipinski definition) is 0. The average molecular weight is 209 g/mol. The van der Waals surface area contributed by atoms with Gasteiger partial charge in [-0.1, -0.05) is 0 Å². The van der Waals surface area contributed by atoms with Gasteiger partial charge in [-0.15, -0.1) is 11.6 Å². The topological polar surface area (TPSA) is 38.9 Å². The zero-order valence-corrected chi connectivity index (χ0v) is 8.45. The number of oxazole rings is 1. The van der Waals surface area contributed by atoms with Crippen LogP contribution in [0.15, 0.2) is 28.9 Å². The highest BCUT2D eigenvalue weighted by Gasteiger charge is 2.09. The molecule has 4 heteroatoms. The molecular weight excluding hydrogens is 200 g/mol. The average Bonchev–Trinajstić information content (AvgIpc) is 2.61. The van der Waals surface area contributed by atoms with Crippen molar-refractivity contribution in [2.75, 3.05) is 0 Å². The fourth-order valence-corrected chi connectivity index (χ4v) is 1.42. The van der Waals surface area contributed by atoms with Crippen molar-refractivity contribution in [2.24, 2.45) is 0 Å². The maximum Gasteiger partial charge on any atom is 0.226 e. The van der Waals surface area contributed by atoms with E-state index in [4.69, 9.17) is 16.0 Å². The first kappa shape index (κ1) is 9.21. The lowest BCUT2D eigenvalue weighted by Gasteiger charge is -1.91. The van der Waals surface area contributed by atoms with E-state index in [-0.39, 0.29) is 0 Å². The van der Waals surface area contributed by atoms with Crippen molar-refractivity contribution >= 4 is 11.6 Å². The van der Waals surface area contributed by atoms with Crippen LogP contribution in [0.3, 0.4) is 0 Å². The summed E-state index contributed by atoms with van der Waals surface area (Å²) >= 11 is 5.70. The third-order valence-corrected chi connectivity index (χ3v) is 2.20. The largest absolute Gasteiger partial charge is 0.441 e. The number of nitrogens with zero attached hydrogens (tertiary/aromatic N) is 2. The summed E-state index contributed by atoms with van der Waals surface area (Å²) < 4.78 is 5.47. The maximum atomic E-state index is 5.70. The van der Waals surface area contributed by atoms with Gasteiger partial charge in [-0.2, -0.15) is 0 Å². The molecule has 0 N–H and O–H groups in total. The van der Waals surface area contributed by atoms with Crippen LogP contribution < -0.4 is 0 Å². The van der Waals surface area contributed by atoms with Crippen molar-refractivity contribution in [3.63, 3.8) is 0 Å². The summed E-state index contributed by atoms with van der Waals surface area (Å²) in [5.74, 6) is 1.74. The minimum absolute atomic E-state index is 0.375. The number of hydrogen-bond acceptors (Lipinski definition) is 3. The van der Waals surface area contributed by atoms with Crippen LogP contribution in [0.2, 0.25) is 0 Å². The monoisotopic (exact) mass is 208 g/mol. The highest BCUT2D eigenvalue weighted by Crippen LogP contribution is 2.21. The molecule has 0 aromatic carbocycles. The summed E-state index contributed by atoms with van der Waals surface area (Å²) in [4.78, 5) is 8.20. The summed E-state index contributed by atoms with van der Waals surface area (Å²) in [7, 11) is 0. The van der Waals surface area contributed by atoms with E-state index in [1.54, 1.807) is 12.4 Å². The Morgan fingerprint density at radius 3 is 2.64 bits per heavy atom. The number of halogens is 1. The Morgan fingerprint density at radius 2 is 2.07 bits per heavy atom. The van der Waals surface area contributed by atoms with Crippen LogP contribution in [-0.2, 0) is 5.88 Å². The molecule has 0 amide bonds. The molecule has 2 aromatic rings. The second-order valence-electron chi connectivity index (χ2n) is 2.89. The molecule has 0 saturated carbocycles. The van der Waals surface area contributed by atoms with Crippen molar-refractivity contribution in [3.05, 3.63) is 36.0 Å². The second-order valence-corrected chi connectivity index (χ2v) is 3.16. The predicted octanol–water partition coefficient (Wildman–Crippen LogP) is 2.78. The van der Waals surface area contributed by atoms with E-state index in [1.807, 2.05) is 19.1 Å². The fraction of sp³-hybridized carbons (Fsp3) is 0.200. The molecule has 2 heterocycles. The standard InChI is InChI=1S/C10H9ClN2O/c1-7-9(6-11)13-10(14-7)8-2-4-12-5-3-8/h2-5H,6H2,1H3. The van der Waals surface area contributed by atoms with Crippen molar-refractivity contribution in [1.29, 1.82) is 0 Å². The van der Waals surface area contributed by atoms with E-state index in [9.17, 15) is 0 Å². The lowest BCUT2D eigenvalue weighted by Crippen LogP contribution is -1.81. The van der Waals surface area contributed by atoms with E-state index < -0.39 is 0 Å². The van der Waals surface area contributed by atoms with E-state index in [0.29, 0.717) is 11.8 Å². The SMILES string of the molecule is Cc1oc(-c2ccncc2)nc1CCl. The quantitative estimate of drug-likeness (QED) is 0.713. The number of pyridine rings is 1. The van der Waals surface area contributed by atoms with Crippen molar-refractivity contribution in [3.8, 4) is 11.5 Å². The Labute approximate surface area is 86.8 Å². The van der Waals surface area contributed by atoms with Gasteiger partial charge in [-0.25, -0.2) is 4.98 Å². The third-order valence-electron chi connectivity index (χ3n) is 1.95. The number of alkyl halides is 1. The molecule has 0 atom stereocenters. The van der Waals surface area contributed by atoms with Gasteiger partial charge in [0.1, 0.15) is 5.76 Å². The first-order chi connectivity index (χ1) is 6.81. The first-order valence-electron chi connectivity index (χ1n) is 4.24. The smallest absolute Gasteiger partial charge is 0.226 e. The van der Waals surface area contributed by atoms with Crippen LogP contribution in [0, 0.1) is 6.92 Å². The normalized spacial score (nSPS) is 10.4. The Kier molecular flexibility index (Phi) is 2.50. The maximum absolute atomic E-state index is 5.70. The Hall–Kier alpha value is -1.35. The molecule has 2 rings (SSSR count). The van der Waals surface area contributed by atoms with Gasteiger partial charge in [0.2, 0.25) is 5.89 Å². The molecule has 0 radical (unpaired) electrons. The molecule has 14 heavy (non-hydrogen) atoms. The Balaban J connectivity index is 2.43. The van der Waals surface area contributed by atoms with Gasteiger partial charge in [0.05, 0.1) is 11.6 Å². The zero-order chi connectivity index (χ0) is 9.97. The lowest BCUT2D eigenvalue weighted by molar-refractivity contribution is 0.540. The molecule has 0 bridgehead atoms. The van der Waals surface area contributed by atoms with Gasteiger partial charge in [-0.3, -0.25) is 4.98 Å². The fourth-order valence-electron chi connectivity index (χ4n) is 1.17. The van der Waals surface area contributed by atoms with Crippen molar-refractivity contribution in [2.45, 2.75) is 12.8 Å². The molecule has 0 saturated heterocycles. The van der Waals surface area contributed by atoms with E-state index in [1.165, 1.54) is 0 Å². The summed E-state index contributed by atoms with van der Waals surface area (Å²) in [5, 5.41) is 0. The van der Waals surface area contributed by atoms with Gasteiger partial charge >= 0.3 is 0 Å². The number of aryl methyl sites for hydroxylation is 1. The van der Waals surface area contributed by atoms with Crippen LogP contribution in [0.4, 0.5) is 0 Å². The van der Waals surface area contributed by atoms with Crippen molar-refractivity contribution < 1.29 is 4.42 Å². The molecule has 0 fully saturated rings. The van der Waals surface area contributed by atoms with Crippen molar-refractivity contribution in [1.82, 2.24) is 9.97 Å². The summed E-state index contributed by atoms with van der Waals surface area (Å²) in [5.41, 5.74) is 1.71. The van der Waals surface area contributed by atoms with Gasteiger partial charge in [0.25, 0.3) is 0 Å². The lowest BCUT2D eigenvalue weighted by atomic mass is 10.3. The first-order valence-corrected chi connectivity index (χ1v) is 4.77. The van der Waals surface area contributed by atoms with Gasteiger partial charge in [0, 0.05) is 18.0 Å². The van der Waals surface area contributed by atoms with Crippen LogP contribution in [0.5, 0.6) is 0 Å². The predicted molar refractivity (Wildman–Crippen MR) is 54.0 cm³/mol. The Bertz CT molecular complexity index is 425. The molecule has 3 nitrogen and oxygen atoms in total. The summed E-state index contributed by atoms with van der Waals surface area (Å²) in [6, 6.07) is 3.70. The van der Waals surface area contributed by atoms with E-state index >= 15 is 0 Å². The van der Waals surface area contributed by atoms with Crippen LogP contribution >= 0.6 is 11.6 Å². The van der Waals surface area contributed by atoms with E-state index in [2.05, 4.69) is 9.97 Å². The Morgan fingerprint density at radius 1 is 1.36 bits per heavy atom. The zero-order valence-electron chi connectivity index (χ0n) is 7.70.